The number of guanidine groups is 1. The van der Waals surface area contributed by atoms with Crippen LogP contribution in [0, 0.1) is 12.8 Å². The molecular weight excluding hydrogens is 364 g/mol. The summed E-state index contributed by atoms with van der Waals surface area (Å²) in [4.78, 5) is 19.1. The Hall–Kier alpha value is -2.24. The second kappa shape index (κ2) is 11.1. The average molecular weight is 401 g/mol. The van der Waals surface area contributed by atoms with Gasteiger partial charge in [-0.2, -0.15) is 0 Å². The number of carbonyl (C=O) groups excluding carboxylic acids is 1. The van der Waals surface area contributed by atoms with Gasteiger partial charge >= 0.3 is 0 Å². The number of likely N-dealkylation sites (tertiary alicyclic amines) is 1. The van der Waals surface area contributed by atoms with Crippen molar-refractivity contribution in [3.05, 3.63) is 29.8 Å². The average Bonchev–Trinajstić information content (AvgIpc) is 3.22. The summed E-state index contributed by atoms with van der Waals surface area (Å²) in [7, 11) is 1.79. The number of aryl methyl sites for hydroxylation is 1. The number of benzene rings is 1. The number of amides is 1. The summed E-state index contributed by atoms with van der Waals surface area (Å²) >= 11 is 0. The Bertz CT molecular complexity index is 668. The number of carbonyl (C=O) groups is 1. The van der Waals surface area contributed by atoms with Gasteiger partial charge in [-0.3, -0.25) is 9.79 Å². The minimum Gasteiger partial charge on any atom is -0.494 e. The molecule has 1 aliphatic carbocycles. The van der Waals surface area contributed by atoms with E-state index < -0.39 is 0 Å². The number of rotatable bonds is 7. The summed E-state index contributed by atoms with van der Waals surface area (Å²) in [6.07, 6.45) is 7.71. The van der Waals surface area contributed by atoms with E-state index in [1.807, 2.05) is 12.1 Å². The summed E-state index contributed by atoms with van der Waals surface area (Å²) in [5.41, 5.74) is 1.24. The van der Waals surface area contributed by atoms with Crippen molar-refractivity contribution in [3.63, 3.8) is 0 Å². The van der Waals surface area contributed by atoms with Crippen molar-refractivity contribution < 1.29 is 9.53 Å². The van der Waals surface area contributed by atoms with Crippen LogP contribution in [0.5, 0.6) is 5.75 Å². The van der Waals surface area contributed by atoms with Gasteiger partial charge in [-0.1, -0.05) is 37.0 Å². The molecule has 1 saturated heterocycles. The van der Waals surface area contributed by atoms with Gasteiger partial charge in [-0.25, -0.2) is 0 Å². The highest BCUT2D eigenvalue weighted by Gasteiger charge is 2.31. The van der Waals surface area contributed by atoms with E-state index in [1.165, 1.54) is 24.8 Å². The fourth-order valence-corrected chi connectivity index (χ4v) is 4.18. The predicted octanol–water partition coefficient (Wildman–Crippen LogP) is 3.11. The Kier molecular flexibility index (Phi) is 8.20. The van der Waals surface area contributed by atoms with Crippen LogP contribution in [0.15, 0.2) is 29.3 Å². The van der Waals surface area contributed by atoms with Crippen LogP contribution in [0.3, 0.4) is 0 Å². The van der Waals surface area contributed by atoms with E-state index in [-0.39, 0.29) is 12.0 Å². The standard InChI is InChI=1S/C23H36N4O2/c1-18-9-11-21(12-10-18)29-16-6-14-25-23(24-2)26-20-13-15-27(17-20)22(28)19-7-4-3-5-8-19/h9-12,19-20H,3-8,13-17H2,1-2H3,(H2,24,25,26). The van der Waals surface area contributed by atoms with Crippen molar-refractivity contribution in [1.29, 1.82) is 0 Å². The fourth-order valence-electron chi connectivity index (χ4n) is 4.18. The lowest BCUT2D eigenvalue weighted by Crippen LogP contribution is -2.46. The third kappa shape index (κ3) is 6.65. The van der Waals surface area contributed by atoms with Crippen molar-refractivity contribution in [3.8, 4) is 5.75 Å². The summed E-state index contributed by atoms with van der Waals surface area (Å²) in [6, 6.07) is 8.40. The Balaban J connectivity index is 1.32. The minimum atomic E-state index is 0.258. The van der Waals surface area contributed by atoms with Gasteiger partial charge in [0.05, 0.1) is 6.61 Å². The van der Waals surface area contributed by atoms with Crippen LogP contribution in [0.1, 0.15) is 50.5 Å². The SMILES string of the molecule is CN=C(NCCCOc1ccc(C)cc1)NC1CCN(C(=O)C2CCCCC2)C1. The molecule has 0 aromatic heterocycles. The van der Waals surface area contributed by atoms with Crippen molar-refractivity contribution in [1.82, 2.24) is 15.5 Å². The molecule has 1 aromatic carbocycles. The lowest BCUT2D eigenvalue weighted by Gasteiger charge is -2.26. The molecule has 0 spiro atoms. The Labute approximate surface area is 175 Å². The summed E-state index contributed by atoms with van der Waals surface area (Å²) < 4.78 is 5.76. The normalized spacial score (nSPS) is 20.6. The third-order valence-corrected chi connectivity index (χ3v) is 5.92. The molecule has 3 rings (SSSR count). The number of aliphatic imine (C=N–C) groups is 1. The van der Waals surface area contributed by atoms with Crippen LogP contribution in [0.25, 0.3) is 0 Å². The molecule has 1 atom stereocenters. The van der Waals surface area contributed by atoms with Crippen molar-refractivity contribution >= 4 is 11.9 Å². The van der Waals surface area contributed by atoms with Crippen LogP contribution < -0.4 is 15.4 Å². The van der Waals surface area contributed by atoms with Gasteiger partial charge < -0.3 is 20.3 Å². The van der Waals surface area contributed by atoms with Gasteiger partial charge in [0.1, 0.15) is 5.75 Å². The molecule has 2 fully saturated rings. The Morgan fingerprint density at radius 1 is 1.17 bits per heavy atom. The minimum absolute atomic E-state index is 0.258. The number of ether oxygens (including phenoxy) is 1. The molecule has 6 nitrogen and oxygen atoms in total. The first-order chi connectivity index (χ1) is 14.2. The highest BCUT2D eigenvalue weighted by molar-refractivity contribution is 5.81. The third-order valence-electron chi connectivity index (χ3n) is 5.92. The molecular formula is C23H36N4O2. The quantitative estimate of drug-likeness (QED) is 0.419. The van der Waals surface area contributed by atoms with E-state index in [1.54, 1.807) is 7.05 Å². The molecule has 1 aliphatic heterocycles. The maximum absolute atomic E-state index is 12.7. The topological polar surface area (TPSA) is 66.0 Å². The van der Waals surface area contributed by atoms with Crippen molar-refractivity contribution in [2.24, 2.45) is 10.9 Å². The predicted molar refractivity (Wildman–Crippen MR) is 117 cm³/mol. The van der Waals surface area contributed by atoms with Crippen LogP contribution in [-0.4, -0.2) is 56.1 Å². The maximum atomic E-state index is 12.7. The van der Waals surface area contributed by atoms with Crippen LogP contribution >= 0.6 is 0 Å². The van der Waals surface area contributed by atoms with E-state index >= 15 is 0 Å². The van der Waals surface area contributed by atoms with E-state index in [4.69, 9.17) is 4.74 Å². The smallest absolute Gasteiger partial charge is 0.225 e. The van der Waals surface area contributed by atoms with Crippen molar-refractivity contribution in [2.45, 2.75) is 57.9 Å². The van der Waals surface area contributed by atoms with Crippen LogP contribution in [-0.2, 0) is 4.79 Å². The maximum Gasteiger partial charge on any atom is 0.225 e. The second-order valence-corrected chi connectivity index (χ2v) is 8.26. The molecule has 6 heteroatoms. The fraction of sp³-hybridized carbons (Fsp3) is 0.652. The first-order valence-electron chi connectivity index (χ1n) is 11.1. The number of nitrogens with one attached hydrogen (secondary N) is 2. The van der Waals surface area contributed by atoms with E-state index in [0.29, 0.717) is 12.5 Å². The molecule has 0 radical (unpaired) electrons. The highest BCUT2D eigenvalue weighted by Crippen LogP contribution is 2.26. The van der Waals surface area contributed by atoms with Gasteiger partial charge in [0, 0.05) is 38.6 Å². The molecule has 1 aromatic rings. The zero-order valence-corrected chi connectivity index (χ0v) is 18.0. The number of nitrogens with zero attached hydrogens (tertiary/aromatic N) is 2. The van der Waals surface area contributed by atoms with Gasteiger partial charge in [0.2, 0.25) is 5.91 Å². The molecule has 1 unspecified atom stereocenters. The molecule has 1 saturated carbocycles. The Morgan fingerprint density at radius 2 is 1.93 bits per heavy atom. The molecule has 2 N–H and O–H groups in total. The summed E-state index contributed by atoms with van der Waals surface area (Å²) in [5, 5.41) is 6.83. The summed E-state index contributed by atoms with van der Waals surface area (Å²) in [5.74, 6) is 2.34. The van der Waals surface area contributed by atoms with Gasteiger partial charge in [-0.05, 0) is 44.7 Å². The first kappa shape index (κ1) is 21.5. The van der Waals surface area contributed by atoms with Gasteiger partial charge in [0.25, 0.3) is 0 Å². The monoisotopic (exact) mass is 400 g/mol. The zero-order chi connectivity index (χ0) is 20.5. The lowest BCUT2D eigenvalue weighted by molar-refractivity contribution is -0.135. The first-order valence-corrected chi connectivity index (χ1v) is 11.1. The van der Waals surface area contributed by atoms with Crippen LogP contribution in [0.2, 0.25) is 0 Å². The molecule has 1 heterocycles. The molecule has 0 bridgehead atoms. The second-order valence-electron chi connectivity index (χ2n) is 8.26. The molecule has 1 amide bonds. The van der Waals surface area contributed by atoms with E-state index in [2.05, 4.69) is 39.6 Å². The Morgan fingerprint density at radius 3 is 2.66 bits per heavy atom. The lowest BCUT2D eigenvalue weighted by atomic mass is 9.88. The van der Waals surface area contributed by atoms with Gasteiger partial charge in [-0.15, -0.1) is 0 Å². The number of hydrogen-bond donors (Lipinski definition) is 2. The zero-order valence-electron chi connectivity index (χ0n) is 18.0. The van der Waals surface area contributed by atoms with Crippen molar-refractivity contribution in [2.75, 3.05) is 33.3 Å². The number of hydrogen-bond acceptors (Lipinski definition) is 3. The van der Waals surface area contributed by atoms with E-state index in [0.717, 1.165) is 57.0 Å². The van der Waals surface area contributed by atoms with Crippen LogP contribution in [0.4, 0.5) is 0 Å². The molecule has 29 heavy (non-hydrogen) atoms. The van der Waals surface area contributed by atoms with Gasteiger partial charge in [0.15, 0.2) is 5.96 Å². The largest absolute Gasteiger partial charge is 0.494 e. The summed E-state index contributed by atoms with van der Waals surface area (Å²) in [6.45, 7) is 5.17. The van der Waals surface area contributed by atoms with E-state index in [9.17, 15) is 4.79 Å². The highest BCUT2D eigenvalue weighted by atomic mass is 16.5. The molecule has 160 valence electrons. The molecule has 2 aliphatic rings.